The molecule has 2 heterocycles. The normalized spacial score (nSPS) is 17.9. The molecule has 3 unspecified atom stereocenters. The summed E-state index contributed by atoms with van der Waals surface area (Å²) in [5.74, 6) is -0.00483. The van der Waals surface area contributed by atoms with Crippen LogP contribution in [0.4, 0.5) is 26.1 Å². The third-order valence-electron chi connectivity index (χ3n) is 6.07. The van der Waals surface area contributed by atoms with Crippen LogP contribution in [0.25, 0.3) is 11.3 Å². The van der Waals surface area contributed by atoms with Gasteiger partial charge in [0, 0.05) is 45.5 Å². The first-order valence-electron chi connectivity index (χ1n) is 12.4. The lowest BCUT2D eigenvalue weighted by atomic mass is 10.1. The third-order valence-corrected chi connectivity index (χ3v) is 7.75. The first-order chi connectivity index (χ1) is 17.6. The van der Waals surface area contributed by atoms with E-state index in [9.17, 15) is 13.0 Å². The summed E-state index contributed by atoms with van der Waals surface area (Å²) in [5, 5.41) is 6.34. The smallest absolute Gasteiger partial charge is 0.227 e. The van der Waals surface area contributed by atoms with Gasteiger partial charge in [-0.3, -0.25) is 0 Å². The zero-order chi connectivity index (χ0) is 26.6. The van der Waals surface area contributed by atoms with Crippen LogP contribution >= 0.6 is 0 Å². The molecule has 2 N–H and O–H groups in total. The predicted molar refractivity (Wildman–Crippen MR) is 145 cm³/mol. The number of nitrogens with one attached hydrogen (secondary N) is 2. The van der Waals surface area contributed by atoms with Crippen LogP contribution in [-0.4, -0.2) is 39.1 Å². The average molecular weight is 530 g/mol. The summed E-state index contributed by atoms with van der Waals surface area (Å²) in [5.41, 5.74) is 2.36. The number of ether oxygens (including phenoxy) is 1. The van der Waals surface area contributed by atoms with Gasteiger partial charge in [-0.15, -0.1) is 0 Å². The Balaban J connectivity index is 1.77. The van der Waals surface area contributed by atoms with Gasteiger partial charge in [0.2, 0.25) is 5.95 Å². The number of fused-ring (bicyclic) bond motifs is 6. The summed E-state index contributed by atoms with van der Waals surface area (Å²) in [6.45, 7) is 6.49. The molecule has 10 heteroatoms. The first kappa shape index (κ1) is 26.8. The molecule has 37 heavy (non-hydrogen) atoms. The number of hydrogen-bond donors (Lipinski definition) is 2. The molecule has 4 rings (SSSR count). The van der Waals surface area contributed by atoms with Crippen molar-refractivity contribution in [3.63, 3.8) is 0 Å². The van der Waals surface area contributed by atoms with E-state index in [-0.39, 0.29) is 29.5 Å². The molecule has 1 aliphatic heterocycles. The molecular formula is C27H33F2N5O2S. The van der Waals surface area contributed by atoms with Crippen molar-refractivity contribution in [3.05, 3.63) is 59.8 Å². The molecule has 0 spiro atoms. The summed E-state index contributed by atoms with van der Waals surface area (Å²) in [6, 6.07) is 9.67. The predicted octanol–water partition coefficient (Wildman–Crippen LogP) is 6.53. The van der Waals surface area contributed by atoms with Crippen molar-refractivity contribution in [2.24, 2.45) is 4.36 Å². The van der Waals surface area contributed by atoms with Gasteiger partial charge in [0.1, 0.15) is 17.3 Å². The van der Waals surface area contributed by atoms with Gasteiger partial charge in [-0.2, -0.15) is 0 Å². The van der Waals surface area contributed by atoms with E-state index in [1.807, 2.05) is 39.0 Å². The largest absolute Gasteiger partial charge is 0.491 e. The number of benzene rings is 2. The van der Waals surface area contributed by atoms with E-state index in [0.717, 1.165) is 31.0 Å². The number of nitrogens with zero attached hydrogens (tertiary/aromatic N) is 3. The Bertz CT molecular complexity index is 1390. The summed E-state index contributed by atoms with van der Waals surface area (Å²) in [6.07, 6.45) is 4.94. The van der Waals surface area contributed by atoms with Crippen molar-refractivity contribution in [1.29, 1.82) is 0 Å². The van der Waals surface area contributed by atoms with Crippen molar-refractivity contribution in [3.8, 4) is 17.0 Å². The minimum atomic E-state index is -2.47. The van der Waals surface area contributed by atoms with Crippen LogP contribution in [0.2, 0.25) is 0 Å². The fraction of sp³-hybridized carbons (Fsp3) is 0.407. The molecule has 2 aromatic carbocycles. The maximum absolute atomic E-state index is 14.8. The average Bonchev–Trinajstić information content (AvgIpc) is 2.82. The van der Waals surface area contributed by atoms with E-state index in [1.54, 1.807) is 6.26 Å². The molecule has 198 valence electrons. The highest BCUT2D eigenvalue weighted by Gasteiger charge is 2.17. The first-order valence-corrected chi connectivity index (χ1v) is 14.5. The maximum atomic E-state index is 14.8. The highest BCUT2D eigenvalue weighted by molar-refractivity contribution is 7.92. The Kier molecular flexibility index (Phi) is 8.26. The summed E-state index contributed by atoms with van der Waals surface area (Å²) < 4.78 is 52.8. The van der Waals surface area contributed by atoms with Crippen molar-refractivity contribution >= 4 is 27.1 Å². The number of aromatic nitrogens is 2. The van der Waals surface area contributed by atoms with E-state index in [2.05, 4.69) is 25.0 Å². The highest BCUT2D eigenvalue weighted by atomic mass is 32.2. The van der Waals surface area contributed by atoms with Gasteiger partial charge >= 0.3 is 0 Å². The van der Waals surface area contributed by atoms with E-state index >= 15 is 0 Å². The van der Waals surface area contributed by atoms with Gasteiger partial charge in [0.05, 0.1) is 24.1 Å². The van der Waals surface area contributed by atoms with Crippen LogP contribution in [0.3, 0.4) is 0 Å². The van der Waals surface area contributed by atoms with Gasteiger partial charge < -0.3 is 15.4 Å². The molecular weight excluding hydrogens is 496 g/mol. The van der Waals surface area contributed by atoms with Crippen molar-refractivity contribution in [1.82, 2.24) is 9.97 Å². The zero-order valence-corrected chi connectivity index (χ0v) is 22.4. The Morgan fingerprint density at radius 1 is 1.24 bits per heavy atom. The molecule has 4 bridgehead atoms. The lowest BCUT2D eigenvalue weighted by molar-refractivity contribution is 0.209. The second-order valence-corrected chi connectivity index (χ2v) is 12.0. The second-order valence-electron chi connectivity index (χ2n) is 9.53. The monoisotopic (exact) mass is 529 g/mol. The summed E-state index contributed by atoms with van der Waals surface area (Å²) >= 11 is 0. The number of anilines is 3. The molecule has 0 fully saturated rings. The molecule has 0 saturated heterocycles. The van der Waals surface area contributed by atoms with Crippen LogP contribution in [0.15, 0.2) is 47.0 Å². The minimum Gasteiger partial charge on any atom is -0.491 e. The standard InChI is InChI=1S/C27H33F2N5O2S/c1-5-17(2)34-37(4,35)16-19-11-21-14-22(12-19)36-18(3)7-6-10-30-25-13-20(28)8-9-23(25)26-24(29)15-31-27(32-21)33-26/h8-9,11-15,17-18,30H,5-7,10,16H2,1-4H3,(H,31,32,33). The molecule has 0 saturated carbocycles. The Morgan fingerprint density at radius 3 is 2.84 bits per heavy atom. The summed E-state index contributed by atoms with van der Waals surface area (Å²) in [4.78, 5) is 8.50. The fourth-order valence-corrected chi connectivity index (χ4v) is 5.97. The maximum Gasteiger partial charge on any atom is 0.227 e. The highest BCUT2D eigenvalue weighted by Crippen LogP contribution is 2.32. The third kappa shape index (κ3) is 7.15. The molecule has 0 aliphatic carbocycles. The fourth-order valence-electron chi connectivity index (χ4n) is 4.20. The molecule has 7 nitrogen and oxygen atoms in total. The van der Waals surface area contributed by atoms with Gasteiger partial charge in [-0.25, -0.2) is 27.3 Å². The molecule has 3 atom stereocenters. The van der Waals surface area contributed by atoms with Gasteiger partial charge in [-0.05, 0) is 69.0 Å². The van der Waals surface area contributed by atoms with Crippen molar-refractivity contribution in [2.45, 2.75) is 57.9 Å². The van der Waals surface area contributed by atoms with Crippen LogP contribution < -0.4 is 15.4 Å². The molecule has 0 amide bonds. The van der Waals surface area contributed by atoms with E-state index in [0.29, 0.717) is 29.2 Å². The molecule has 1 aromatic heterocycles. The Morgan fingerprint density at radius 2 is 2.05 bits per heavy atom. The number of rotatable bonds is 4. The second kappa shape index (κ2) is 11.4. The number of halogens is 2. The van der Waals surface area contributed by atoms with Crippen LogP contribution in [0.5, 0.6) is 5.75 Å². The van der Waals surface area contributed by atoms with Crippen LogP contribution in [0, 0.1) is 11.6 Å². The van der Waals surface area contributed by atoms with Crippen LogP contribution in [-0.2, 0) is 15.5 Å². The quantitative estimate of drug-likeness (QED) is 0.399. The SMILES string of the molecule is CCC(C)N=S(C)(=O)Cc1cc2cc(c1)OC(C)CCCNc1cc(F)ccc1-c1nc(ncc1F)N2. The summed E-state index contributed by atoms with van der Waals surface area (Å²) in [7, 11) is -2.47. The molecule has 3 aromatic rings. The van der Waals surface area contributed by atoms with E-state index < -0.39 is 21.4 Å². The minimum absolute atomic E-state index is 0.0000248. The Hall–Kier alpha value is -3.27. The molecule has 0 radical (unpaired) electrons. The molecule has 1 aliphatic rings. The Labute approximate surface area is 217 Å². The van der Waals surface area contributed by atoms with E-state index in [4.69, 9.17) is 4.74 Å². The lowest BCUT2D eigenvalue weighted by Gasteiger charge is -2.18. The lowest BCUT2D eigenvalue weighted by Crippen LogP contribution is -2.14. The van der Waals surface area contributed by atoms with Crippen molar-refractivity contribution < 1.29 is 17.7 Å². The van der Waals surface area contributed by atoms with Gasteiger partial charge in [-0.1, -0.05) is 6.92 Å². The van der Waals surface area contributed by atoms with Gasteiger partial charge in [0.25, 0.3) is 0 Å². The number of hydrogen-bond acceptors (Lipinski definition) is 7. The van der Waals surface area contributed by atoms with Crippen molar-refractivity contribution in [2.75, 3.05) is 23.4 Å². The van der Waals surface area contributed by atoms with Crippen LogP contribution in [0.1, 0.15) is 45.6 Å². The van der Waals surface area contributed by atoms with Gasteiger partial charge in [0.15, 0.2) is 5.82 Å². The topological polar surface area (TPSA) is 88.5 Å². The van der Waals surface area contributed by atoms with E-state index in [1.165, 1.54) is 18.2 Å². The zero-order valence-electron chi connectivity index (χ0n) is 21.6.